The van der Waals surface area contributed by atoms with Crippen molar-refractivity contribution in [3.05, 3.63) is 18.6 Å². The zero-order valence-electron chi connectivity index (χ0n) is 19.6. The maximum Gasteiger partial charge on any atom is 0 e. The summed E-state index contributed by atoms with van der Waals surface area (Å²) in [4.78, 5) is 0. The van der Waals surface area contributed by atoms with Gasteiger partial charge in [-0.2, -0.15) is 11.8 Å². The third-order valence-corrected chi connectivity index (χ3v) is 12.1. The van der Waals surface area contributed by atoms with Gasteiger partial charge in [0.1, 0.15) is 0 Å². The Morgan fingerprint density at radius 3 is 2.41 bits per heavy atom. The summed E-state index contributed by atoms with van der Waals surface area (Å²) in [6, 6.07) is 0. The molecule has 0 nitrogen and oxygen atoms in total. The molecule has 6 aliphatic rings. The Morgan fingerprint density at radius 2 is 1.62 bits per heavy atom. The monoisotopic (exact) mass is 468 g/mol. The molecule has 159 valence electrons. The fourth-order valence-electron chi connectivity index (χ4n) is 11.0. The van der Waals surface area contributed by atoms with Crippen molar-refractivity contribution < 1.29 is 32.7 Å². The molecule has 0 bridgehead atoms. The zero-order valence-corrected chi connectivity index (χ0v) is 22.4. The first-order chi connectivity index (χ1) is 13.2. The van der Waals surface area contributed by atoms with Crippen LogP contribution in [0.5, 0.6) is 0 Å². The molecule has 1 heteroatoms. The zero-order chi connectivity index (χ0) is 19.5. The van der Waals surface area contributed by atoms with E-state index in [0.29, 0.717) is 16.2 Å². The molecule has 0 aromatic heterocycles. The van der Waals surface area contributed by atoms with E-state index in [9.17, 15) is 0 Å². The van der Waals surface area contributed by atoms with Gasteiger partial charge in [0.2, 0.25) is 0 Å². The number of hydrogen-bond acceptors (Lipinski definition) is 0. The van der Waals surface area contributed by atoms with Crippen LogP contribution in [-0.2, 0) is 32.7 Å². The molecular weight excluding hydrogens is 425 g/mol. The van der Waals surface area contributed by atoms with E-state index in [1.54, 1.807) is 12.0 Å². The number of rotatable bonds is 0. The van der Waals surface area contributed by atoms with Crippen molar-refractivity contribution in [3.8, 4) is 0 Å². The summed E-state index contributed by atoms with van der Waals surface area (Å²) in [6.07, 6.45) is 17.5. The molecule has 0 aliphatic heterocycles. The van der Waals surface area contributed by atoms with Crippen LogP contribution in [-0.4, -0.2) is 0 Å². The molecule has 0 amide bonds. The van der Waals surface area contributed by atoms with Crippen LogP contribution in [0, 0.1) is 70.0 Å². The van der Waals surface area contributed by atoms with Crippen LogP contribution in [0.4, 0.5) is 0 Å². The molecule has 0 heterocycles. The summed E-state index contributed by atoms with van der Waals surface area (Å²) < 4.78 is 0. The minimum Gasteiger partial charge on any atom is -0.323 e. The molecule has 0 spiro atoms. The normalized spacial score (nSPS) is 57.2. The molecule has 0 N–H and O–H groups in total. The van der Waals surface area contributed by atoms with E-state index in [2.05, 4.69) is 40.7 Å². The summed E-state index contributed by atoms with van der Waals surface area (Å²) in [6.45, 7) is 15.3. The van der Waals surface area contributed by atoms with E-state index in [1.165, 1.54) is 57.8 Å². The quantitative estimate of drug-likeness (QED) is 0.252. The van der Waals surface area contributed by atoms with Gasteiger partial charge < -0.3 is 6.42 Å². The van der Waals surface area contributed by atoms with Crippen LogP contribution in [0.1, 0.15) is 91.9 Å². The Kier molecular flexibility index (Phi) is 5.17. The number of allylic oxidation sites excluding steroid dienone is 1. The average molecular weight is 469 g/mol. The van der Waals surface area contributed by atoms with Gasteiger partial charge in [-0.1, -0.05) is 58.6 Å². The fourth-order valence-corrected chi connectivity index (χ4v) is 11.0. The second kappa shape index (κ2) is 6.92. The molecule has 6 saturated carbocycles. The SMILES string of the molecule is C=C1CC2CC3C4CC[CH-]C(C)(C)C4CCC3C3(C)CCC4(C)CCC1C4C23.[Y]. The van der Waals surface area contributed by atoms with Gasteiger partial charge >= 0.3 is 0 Å². The van der Waals surface area contributed by atoms with E-state index in [-0.39, 0.29) is 32.7 Å². The third-order valence-electron chi connectivity index (χ3n) is 12.1. The predicted octanol–water partition coefficient (Wildman–Crippen LogP) is 7.70. The van der Waals surface area contributed by atoms with Gasteiger partial charge in [-0.25, -0.2) is 0 Å². The standard InChI is InChI=1S/C28H43.Y/c1-17-15-18-16-21-20-7-6-11-26(2,3)22(20)8-9-23(21)28(5)14-13-27(4)12-10-19(17)25(27)24(18)28;/h11,18-25H,1,6-10,12-16H2,2-5H3;/q-1;. The largest absolute Gasteiger partial charge is 0.323 e. The summed E-state index contributed by atoms with van der Waals surface area (Å²) >= 11 is 0. The molecule has 29 heavy (non-hydrogen) atoms. The van der Waals surface area contributed by atoms with Crippen molar-refractivity contribution in [2.45, 2.75) is 91.9 Å². The van der Waals surface area contributed by atoms with E-state index in [0.717, 1.165) is 47.3 Å². The smallest absolute Gasteiger partial charge is 0 e. The Balaban J connectivity index is 0.00000181. The number of hydrogen-bond donors (Lipinski definition) is 0. The molecule has 0 aromatic carbocycles. The first-order valence-electron chi connectivity index (χ1n) is 12.8. The summed E-state index contributed by atoms with van der Waals surface area (Å²) in [7, 11) is 0. The van der Waals surface area contributed by atoms with Gasteiger partial charge in [0.25, 0.3) is 0 Å². The van der Waals surface area contributed by atoms with Crippen LogP contribution in [0.2, 0.25) is 0 Å². The molecular formula is C28H43Y-. The van der Waals surface area contributed by atoms with Crippen molar-refractivity contribution in [1.29, 1.82) is 0 Å². The van der Waals surface area contributed by atoms with Gasteiger partial charge in [0, 0.05) is 32.7 Å². The van der Waals surface area contributed by atoms with Crippen LogP contribution in [0.15, 0.2) is 12.2 Å². The topological polar surface area (TPSA) is 0 Å². The van der Waals surface area contributed by atoms with E-state index < -0.39 is 0 Å². The fraction of sp³-hybridized carbons (Fsp3) is 0.893. The van der Waals surface area contributed by atoms with Gasteiger partial charge in [-0.05, 0) is 97.2 Å². The summed E-state index contributed by atoms with van der Waals surface area (Å²) in [5.41, 5.74) is 3.42. The van der Waals surface area contributed by atoms with Gasteiger partial charge in [0.15, 0.2) is 0 Å². The molecule has 0 saturated heterocycles. The van der Waals surface area contributed by atoms with Crippen LogP contribution in [0.3, 0.4) is 0 Å². The van der Waals surface area contributed by atoms with Crippen molar-refractivity contribution in [2.75, 3.05) is 0 Å². The molecule has 0 aromatic rings. The van der Waals surface area contributed by atoms with Gasteiger partial charge in [-0.3, -0.25) is 0 Å². The predicted molar refractivity (Wildman–Crippen MR) is 118 cm³/mol. The van der Waals surface area contributed by atoms with E-state index in [1.807, 2.05) is 0 Å². The summed E-state index contributed by atoms with van der Waals surface area (Å²) in [5.74, 6) is 7.86. The summed E-state index contributed by atoms with van der Waals surface area (Å²) in [5, 5.41) is 0. The van der Waals surface area contributed by atoms with E-state index >= 15 is 0 Å². The Morgan fingerprint density at radius 1 is 0.862 bits per heavy atom. The minimum absolute atomic E-state index is 0. The molecule has 6 fully saturated rings. The van der Waals surface area contributed by atoms with Gasteiger partial charge in [-0.15, -0.1) is 0 Å². The van der Waals surface area contributed by atoms with Crippen LogP contribution in [0.25, 0.3) is 0 Å². The Hall–Kier alpha value is 0.844. The van der Waals surface area contributed by atoms with Crippen molar-refractivity contribution in [2.24, 2.45) is 63.6 Å². The molecule has 10 atom stereocenters. The maximum absolute atomic E-state index is 4.69. The van der Waals surface area contributed by atoms with Crippen molar-refractivity contribution >= 4 is 0 Å². The Labute approximate surface area is 205 Å². The maximum atomic E-state index is 4.69. The first-order valence-corrected chi connectivity index (χ1v) is 12.8. The molecule has 6 aliphatic carbocycles. The average Bonchev–Trinajstić information content (AvgIpc) is 2.99. The van der Waals surface area contributed by atoms with Crippen LogP contribution >= 0.6 is 0 Å². The third kappa shape index (κ3) is 2.82. The first kappa shape index (κ1) is 21.7. The Bertz CT molecular complexity index is 692. The second-order valence-electron chi connectivity index (χ2n) is 13.4. The van der Waals surface area contributed by atoms with Crippen molar-refractivity contribution in [1.82, 2.24) is 0 Å². The molecule has 1 radical (unpaired) electrons. The number of fused-ring (bicyclic) bond motifs is 4. The van der Waals surface area contributed by atoms with Crippen molar-refractivity contribution in [3.63, 3.8) is 0 Å². The minimum atomic E-state index is 0. The van der Waals surface area contributed by atoms with E-state index in [4.69, 9.17) is 0 Å². The molecule has 10 unspecified atom stereocenters. The van der Waals surface area contributed by atoms with Crippen LogP contribution < -0.4 is 0 Å². The van der Waals surface area contributed by atoms with Gasteiger partial charge in [0.05, 0.1) is 0 Å². The second-order valence-corrected chi connectivity index (χ2v) is 13.4. The molecule has 6 rings (SSSR count).